The predicted molar refractivity (Wildman–Crippen MR) is 44.6 cm³/mol. The molecule has 0 aromatic heterocycles. The van der Waals surface area contributed by atoms with Crippen molar-refractivity contribution in [1.29, 1.82) is 0 Å². The van der Waals surface area contributed by atoms with Crippen LogP contribution in [0.5, 0.6) is 0 Å². The van der Waals surface area contributed by atoms with Gasteiger partial charge in [0.1, 0.15) is 6.29 Å². The summed E-state index contributed by atoms with van der Waals surface area (Å²) in [5.41, 5.74) is -0.256. The van der Waals surface area contributed by atoms with E-state index in [1.165, 1.54) is 0 Å². The number of carbonyl (C=O) groups excluding carboxylic acids is 1. The summed E-state index contributed by atoms with van der Waals surface area (Å²) in [7, 11) is 1.66. The number of nitrogens with one attached hydrogen (secondary N) is 1. The lowest BCUT2D eigenvalue weighted by Crippen LogP contribution is -2.32. The van der Waals surface area contributed by atoms with Gasteiger partial charge in [0.25, 0.3) is 0 Å². The van der Waals surface area contributed by atoms with Crippen LogP contribution in [0, 0.1) is 5.41 Å². The molecular formula is C8H17NO2. The van der Waals surface area contributed by atoms with Crippen molar-refractivity contribution in [2.24, 2.45) is 5.41 Å². The van der Waals surface area contributed by atoms with Crippen molar-refractivity contribution in [3.63, 3.8) is 0 Å². The van der Waals surface area contributed by atoms with Gasteiger partial charge in [-0.3, -0.25) is 0 Å². The Balaban J connectivity index is 3.30. The lowest BCUT2D eigenvalue weighted by atomic mass is 9.96. The third-order valence-corrected chi connectivity index (χ3v) is 1.38. The first-order valence-electron chi connectivity index (χ1n) is 3.78. The average Bonchev–Trinajstić information content (AvgIpc) is 1.99. The molecule has 0 fully saturated rings. The molecule has 0 aliphatic heterocycles. The van der Waals surface area contributed by atoms with E-state index < -0.39 is 0 Å². The molecule has 11 heavy (non-hydrogen) atoms. The summed E-state index contributed by atoms with van der Waals surface area (Å²) in [5.74, 6) is 0. The van der Waals surface area contributed by atoms with Crippen LogP contribution in [0.3, 0.4) is 0 Å². The second kappa shape index (κ2) is 5.27. The summed E-state index contributed by atoms with van der Waals surface area (Å²) in [4.78, 5) is 10.4. The molecule has 0 bridgehead atoms. The monoisotopic (exact) mass is 159 g/mol. The Bertz CT molecular complexity index is 113. The van der Waals surface area contributed by atoms with Gasteiger partial charge in [-0.1, -0.05) is 13.8 Å². The van der Waals surface area contributed by atoms with Crippen molar-refractivity contribution in [3.05, 3.63) is 0 Å². The molecule has 3 nitrogen and oxygen atoms in total. The molecule has 0 radical (unpaired) electrons. The first kappa shape index (κ1) is 10.6. The van der Waals surface area contributed by atoms with Crippen molar-refractivity contribution >= 4 is 6.29 Å². The molecular weight excluding hydrogens is 142 g/mol. The van der Waals surface area contributed by atoms with Gasteiger partial charge in [-0.25, -0.2) is 0 Å². The summed E-state index contributed by atoms with van der Waals surface area (Å²) >= 11 is 0. The third kappa shape index (κ3) is 6.01. The number of ether oxygens (including phenoxy) is 1. The second-order valence-corrected chi connectivity index (χ2v) is 3.28. The minimum absolute atomic E-state index is 0.256. The zero-order chi connectivity index (χ0) is 8.74. The quantitative estimate of drug-likeness (QED) is 0.451. The lowest BCUT2D eigenvalue weighted by molar-refractivity contribution is -0.114. The molecule has 0 unspecified atom stereocenters. The predicted octanol–water partition coefficient (Wildman–Crippen LogP) is 0.447. The molecule has 0 aromatic carbocycles. The standard InChI is InChI=1S/C8H17NO2/c1-8(2,7-10)6-9-4-5-11-3/h7,9H,4-6H2,1-3H3. The maximum absolute atomic E-state index is 10.4. The molecule has 3 heteroatoms. The Morgan fingerprint density at radius 3 is 2.64 bits per heavy atom. The summed E-state index contributed by atoms with van der Waals surface area (Å²) in [5, 5.41) is 3.12. The molecule has 0 saturated carbocycles. The number of hydrogen-bond acceptors (Lipinski definition) is 3. The smallest absolute Gasteiger partial charge is 0.126 e. The topological polar surface area (TPSA) is 38.3 Å². The van der Waals surface area contributed by atoms with Gasteiger partial charge in [-0.05, 0) is 0 Å². The fourth-order valence-electron chi connectivity index (χ4n) is 0.626. The van der Waals surface area contributed by atoms with Crippen LogP contribution in [0.1, 0.15) is 13.8 Å². The van der Waals surface area contributed by atoms with Crippen molar-refractivity contribution in [2.45, 2.75) is 13.8 Å². The Morgan fingerprint density at radius 2 is 2.18 bits per heavy atom. The van der Waals surface area contributed by atoms with Gasteiger partial charge < -0.3 is 14.8 Å². The molecule has 0 aliphatic carbocycles. The van der Waals surface area contributed by atoms with Crippen molar-refractivity contribution in [1.82, 2.24) is 5.32 Å². The molecule has 0 aliphatic rings. The highest BCUT2D eigenvalue weighted by atomic mass is 16.5. The van der Waals surface area contributed by atoms with Crippen LogP contribution in [-0.4, -0.2) is 33.1 Å². The molecule has 0 heterocycles. The molecule has 1 N–H and O–H groups in total. The van der Waals surface area contributed by atoms with Gasteiger partial charge in [0, 0.05) is 25.6 Å². The largest absolute Gasteiger partial charge is 0.383 e. The number of aldehydes is 1. The lowest BCUT2D eigenvalue weighted by Gasteiger charge is -2.16. The number of rotatable bonds is 6. The van der Waals surface area contributed by atoms with E-state index in [1.807, 2.05) is 13.8 Å². The van der Waals surface area contributed by atoms with Crippen LogP contribution < -0.4 is 5.32 Å². The van der Waals surface area contributed by atoms with E-state index in [4.69, 9.17) is 4.74 Å². The Kier molecular flexibility index (Phi) is 5.07. The SMILES string of the molecule is COCCNCC(C)(C)C=O. The number of methoxy groups -OCH3 is 1. The molecule has 0 spiro atoms. The molecule has 0 atom stereocenters. The zero-order valence-electron chi connectivity index (χ0n) is 7.52. The van der Waals surface area contributed by atoms with Crippen LogP contribution in [-0.2, 0) is 9.53 Å². The van der Waals surface area contributed by atoms with E-state index in [1.54, 1.807) is 7.11 Å². The highest BCUT2D eigenvalue weighted by Crippen LogP contribution is 2.07. The maximum atomic E-state index is 10.4. The first-order chi connectivity index (χ1) is 5.12. The van der Waals surface area contributed by atoms with E-state index >= 15 is 0 Å². The Labute approximate surface area is 68.1 Å². The van der Waals surface area contributed by atoms with Crippen LogP contribution >= 0.6 is 0 Å². The number of hydrogen-bond donors (Lipinski definition) is 1. The second-order valence-electron chi connectivity index (χ2n) is 3.28. The Morgan fingerprint density at radius 1 is 1.55 bits per heavy atom. The maximum Gasteiger partial charge on any atom is 0.126 e. The van der Waals surface area contributed by atoms with Gasteiger partial charge in [0.15, 0.2) is 0 Å². The molecule has 0 rings (SSSR count). The van der Waals surface area contributed by atoms with Crippen LogP contribution in [0.2, 0.25) is 0 Å². The highest BCUT2D eigenvalue weighted by molar-refractivity contribution is 5.58. The van der Waals surface area contributed by atoms with E-state index in [-0.39, 0.29) is 5.41 Å². The molecule has 0 aromatic rings. The summed E-state index contributed by atoms with van der Waals surface area (Å²) in [6, 6.07) is 0. The summed E-state index contributed by atoms with van der Waals surface area (Å²) in [6.07, 6.45) is 0.965. The highest BCUT2D eigenvalue weighted by Gasteiger charge is 2.14. The van der Waals surface area contributed by atoms with Crippen LogP contribution in [0.4, 0.5) is 0 Å². The minimum Gasteiger partial charge on any atom is -0.383 e. The van der Waals surface area contributed by atoms with E-state index in [0.29, 0.717) is 13.2 Å². The minimum atomic E-state index is -0.256. The third-order valence-electron chi connectivity index (χ3n) is 1.38. The molecule has 0 saturated heterocycles. The van der Waals surface area contributed by atoms with Crippen molar-refractivity contribution in [2.75, 3.05) is 26.8 Å². The fraction of sp³-hybridized carbons (Fsp3) is 0.875. The molecule has 66 valence electrons. The van der Waals surface area contributed by atoms with Crippen LogP contribution in [0.25, 0.3) is 0 Å². The zero-order valence-corrected chi connectivity index (χ0v) is 7.52. The summed E-state index contributed by atoms with van der Waals surface area (Å²) in [6.45, 7) is 6.00. The fourth-order valence-corrected chi connectivity index (χ4v) is 0.626. The summed E-state index contributed by atoms with van der Waals surface area (Å²) < 4.78 is 4.84. The van der Waals surface area contributed by atoms with Gasteiger partial charge >= 0.3 is 0 Å². The van der Waals surface area contributed by atoms with Gasteiger partial charge in [-0.2, -0.15) is 0 Å². The van der Waals surface area contributed by atoms with Gasteiger partial charge in [0.2, 0.25) is 0 Å². The van der Waals surface area contributed by atoms with E-state index in [9.17, 15) is 4.79 Å². The van der Waals surface area contributed by atoms with Crippen molar-refractivity contribution in [3.8, 4) is 0 Å². The normalized spacial score (nSPS) is 11.5. The first-order valence-corrected chi connectivity index (χ1v) is 3.78. The number of carbonyl (C=O) groups is 1. The molecule has 0 amide bonds. The van der Waals surface area contributed by atoms with Gasteiger partial charge in [0.05, 0.1) is 6.61 Å². The van der Waals surface area contributed by atoms with Gasteiger partial charge in [-0.15, -0.1) is 0 Å². The average molecular weight is 159 g/mol. The Hall–Kier alpha value is -0.410. The van der Waals surface area contributed by atoms with E-state index in [0.717, 1.165) is 12.8 Å². The van der Waals surface area contributed by atoms with E-state index in [2.05, 4.69) is 5.32 Å². The van der Waals surface area contributed by atoms with Crippen molar-refractivity contribution < 1.29 is 9.53 Å². The van der Waals surface area contributed by atoms with Crippen LogP contribution in [0.15, 0.2) is 0 Å².